The van der Waals surface area contributed by atoms with Crippen molar-refractivity contribution in [1.29, 1.82) is 0 Å². The molecule has 94 valence electrons. The molecule has 3 atom stereocenters. The van der Waals surface area contributed by atoms with Gasteiger partial charge in [-0.3, -0.25) is 4.79 Å². The van der Waals surface area contributed by atoms with E-state index in [0.717, 1.165) is 6.42 Å². The highest BCUT2D eigenvalue weighted by atomic mass is 16.4. The molecular formula is C11H22N2O3. The van der Waals surface area contributed by atoms with Gasteiger partial charge in [-0.2, -0.15) is 0 Å². The standard InChI is InChI=1S/C11H22N2O3/c1-4-6-8(12)10(14)13-9(11(15)16)7(3)5-2/h7-9H,4-6,12H2,1-3H3,(H,13,14)(H,15,16)/t7-,8?,9-/m0/s1. The number of carbonyl (C=O) groups excluding carboxylic acids is 1. The van der Waals surface area contributed by atoms with Gasteiger partial charge in [0.15, 0.2) is 0 Å². The maximum Gasteiger partial charge on any atom is 0.326 e. The molecule has 0 saturated heterocycles. The van der Waals surface area contributed by atoms with Gasteiger partial charge in [-0.25, -0.2) is 4.79 Å². The topological polar surface area (TPSA) is 92.4 Å². The molecule has 0 rings (SSSR count). The van der Waals surface area contributed by atoms with Gasteiger partial charge in [0.1, 0.15) is 6.04 Å². The number of carboxylic acids is 1. The maximum absolute atomic E-state index is 11.6. The fourth-order valence-corrected chi connectivity index (χ4v) is 1.39. The van der Waals surface area contributed by atoms with Gasteiger partial charge in [0.25, 0.3) is 0 Å². The summed E-state index contributed by atoms with van der Waals surface area (Å²) in [6.45, 7) is 5.61. The van der Waals surface area contributed by atoms with Crippen molar-refractivity contribution in [2.75, 3.05) is 0 Å². The molecule has 4 N–H and O–H groups in total. The predicted molar refractivity (Wildman–Crippen MR) is 61.9 cm³/mol. The van der Waals surface area contributed by atoms with E-state index in [-0.39, 0.29) is 11.8 Å². The van der Waals surface area contributed by atoms with E-state index in [0.29, 0.717) is 12.8 Å². The summed E-state index contributed by atoms with van der Waals surface area (Å²) >= 11 is 0. The first kappa shape index (κ1) is 14.9. The van der Waals surface area contributed by atoms with Gasteiger partial charge in [-0.1, -0.05) is 33.6 Å². The molecule has 0 heterocycles. The zero-order chi connectivity index (χ0) is 12.7. The molecule has 0 spiro atoms. The SMILES string of the molecule is CCCC(N)C(=O)N[C@H](C(=O)O)[C@@H](C)CC. The normalized spacial score (nSPS) is 16.2. The fraction of sp³-hybridized carbons (Fsp3) is 0.818. The molecular weight excluding hydrogens is 208 g/mol. The van der Waals surface area contributed by atoms with Gasteiger partial charge in [0.05, 0.1) is 6.04 Å². The number of nitrogens with one attached hydrogen (secondary N) is 1. The molecule has 0 saturated carbocycles. The van der Waals surface area contributed by atoms with Crippen LogP contribution >= 0.6 is 0 Å². The highest BCUT2D eigenvalue weighted by molar-refractivity contribution is 5.86. The van der Waals surface area contributed by atoms with Crippen molar-refractivity contribution in [2.24, 2.45) is 11.7 Å². The Labute approximate surface area is 96.4 Å². The van der Waals surface area contributed by atoms with Crippen molar-refractivity contribution < 1.29 is 14.7 Å². The Hall–Kier alpha value is -1.10. The van der Waals surface area contributed by atoms with Crippen LogP contribution in [0, 0.1) is 5.92 Å². The lowest BCUT2D eigenvalue weighted by molar-refractivity contribution is -0.143. The zero-order valence-electron chi connectivity index (χ0n) is 10.2. The Morgan fingerprint density at radius 3 is 2.31 bits per heavy atom. The minimum atomic E-state index is -1.01. The summed E-state index contributed by atoms with van der Waals surface area (Å²) in [6.07, 6.45) is 2.06. The van der Waals surface area contributed by atoms with Crippen molar-refractivity contribution in [1.82, 2.24) is 5.32 Å². The van der Waals surface area contributed by atoms with Crippen LogP contribution < -0.4 is 11.1 Å². The summed E-state index contributed by atoms with van der Waals surface area (Å²) in [5, 5.41) is 11.5. The van der Waals surface area contributed by atoms with E-state index in [1.165, 1.54) is 0 Å². The molecule has 1 unspecified atom stereocenters. The van der Waals surface area contributed by atoms with E-state index in [9.17, 15) is 9.59 Å². The maximum atomic E-state index is 11.6. The predicted octanol–water partition coefficient (Wildman–Crippen LogP) is 0.729. The summed E-state index contributed by atoms with van der Waals surface area (Å²) in [7, 11) is 0. The van der Waals surface area contributed by atoms with E-state index >= 15 is 0 Å². The van der Waals surface area contributed by atoms with E-state index < -0.39 is 18.1 Å². The Bertz CT molecular complexity index is 243. The lowest BCUT2D eigenvalue weighted by Crippen LogP contribution is -2.50. The Morgan fingerprint density at radius 1 is 1.38 bits per heavy atom. The van der Waals surface area contributed by atoms with Gasteiger partial charge in [0, 0.05) is 0 Å². The molecule has 0 aliphatic rings. The zero-order valence-corrected chi connectivity index (χ0v) is 10.2. The van der Waals surface area contributed by atoms with E-state index in [1.807, 2.05) is 13.8 Å². The van der Waals surface area contributed by atoms with Crippen LogP contribution in [0.15, 0.2) is 0 Å². The van der Waals surface area contributed by atoms with Gasteiger partial charge >= 0.3 is 5.97 Å². The number of aliphatic carboxylic acids is 1. The molecule has 5 heteroatoms. The van der Waals surface area contributed by atoms with Crippen LogP contribution in [0.1, 0.15) is 40.0 Å². The van der Waals surface area contributed by atoms with Crippen molar-refractivity contribution in [3.8, 4) is 0 Å². The summed E-state index contributed by atoms with van der Waals surface area (Å²) in [4.78, 5) is 22.5. The van der Waals surface area contributed by atoms with Gasteiger partial charge in [0.2, 0.25) is 5.91 Å². The van der Waals surface area contributed by atoms with Gasteiger partial charge in [-0.05, 0) is 12.3 Å². The third-order valence-corrected chi connectivity index (χ3v) is 2.71. The number of rotatable bonds is 7. The molecule has 0 aromatic carbocycles. The quantitative estimate of drug-likeness (QED) is 0.601. The number of nitrogens with two attached hydrogens (primary N) is 1. The van der Waals surface area contributed by atoms with Crippen molar-refractivity contribution >= 4 is 11.9 Å². The van der Waals surface area contributed by atoms with Crippen LogP contribution in [-0.2, 0) is 9.59 Å². The minimum absolute atomic E-state index is 0.102. The highest BCUT2D eigenvalue weighted by Gasteiger charge is 2.26. The van der Waals surface area contributed by atoms with Crippen LogP contribution in [0.25, 0.3) is 0 Å². The van der Waals surface area contributed by atoms with Crippen LogP contribution in [0.3, 0.4) is 0 Å². The smallest absolute Gasteiger partial charge is 0.326 e. The first-order valence-electron chi connectivity index (χ1n) is 5.72. The number of amides is 1. The second-order valence-electron chi connectivity index (χ2n) is 4.11. The summed E-state index contributed by atoms with van der Waals surface area (Å²) in [6, 6.07) is -1.46. The lowest BCUT2D eigenvalue weighted by Gasteiger charge is -2.22. The highest BCUT2D eigenvalue weighted by Crippen LogP contribution is 2.08. The van der Waals surface area contributed by atoms with Gasteiger partial charge < -0.3 is 16.2 Å². The minimum Gasteiger partial charge on any atom is -0.480 e. The summed E-state index contributed by atoms with van der Waals surface area (Å²) < 4.78 is 0. The Morgan fingerprint density at radius 2 is 1.94 bits per heavy atom. The second kappa shape index (κ2) is 7.22. The molecule has 1 amide bonds. The first-order valence-corrected chi connectivity index (χ1v) is 5.72. The Balaban J connectivity index is 4.40. The first-order chi connectivity index (χ1) is 7.43. The number of carbonyl (C=O) groups is 2. The summed E-state index contributed by atoms with van der Waals surface area (Å²) in [5.41, 5.74) is 5.61. The van der Waals surface area contributed by atoms with E-state index in [2.05, 4.69) is 5.32 Å². The summed E-state index contributed by atoms with van der Waals surface area (Å²) in [5.74, 6) is -1.49. The fourth-order valence-electron chi connectivity index (χ4n) is 1.39. The lowest BCUT2D eigenvalue weighted by atomic mass is 9.98. The van der Waals surface area contributed by atoms with Crippen LogP contribution in [0.4, 0.5) is 0 Å². The third kappa shape index (κ3) is 4.61. The largest absolute Gasteiger partial charge is 0.480 e. The average Bonchev–Trinajstić information content (AvgIpc) is 2.24. The second-order valence-corrected chi connectivity index (χ2v) is 4.11. The van der Waals surface area contributed by atoms with Crippen molar-refractivity contribution in [2.45, 2.75) is 52.1 Å². The molecule has 0 aromatic rings. The molecule has 0 aliphatic heterocycles. The molecule has 0 fully saturated rings. The average molecular weight is 230 g/mol. The van der Waals surface area contributed by atoms with E-state index in [4.69, 9.17) is 10.8 Å². The van der Waals surface area contributed by atoms with Gasteiger partial charge in [-0.15, -0.1) is 0 Å². The monoisotopic (exact) mass is 230 g/mol. The molecule has 0 bridgehead atoms. The Kier molecular flexibility index (Phi) is 6.72. The number of carboxylic acid groups (broad SMARTS) is 1. The third-order valence-electron chi connectivity index (χ3n) is 2.71. The molecule has 0 aromatic heterocycles. The molecule has 5 nitrogen and oxygen atoms in total. The van der Waals surface area contributed by atoms with Crippen molar-refractivity contribution in [3.63, 3.8) is 0 Å². The van der Waals surface area contributed by atoms with Crippen LogP contribution in [-0.4, -0.2) is 29.1 Å². The molecule has 16 heavy (non-hydrogen) atoms. The molecule has 0 aliphatic carbocycles. The number of hydrogen-bond acceptors (Lipinski definition) is 3. The molecule has 0 radical (unpaired) electrons. The van der Waals surface area contributed by atoms with E-state index in [1.54, 1.807) is 6.92 Å². The van der Waals surface area contributed by atoms with Crippen molar-refractivity contribution in [3.05, 3.63) is 0 Å². The van der Waals surface area contributed by atoms with Crippen LogP contribution in [0.2, 0.25) is 0 Å². The number of hydrogen-bond donors (Lipinski definition) is 3. The van der Waals surface area contributed by atoms with Crippen LogP contribution in [0.5, 0.6) is 0 Å².